The summed E-state index contributed by atoms with van der Waals surface area (Å²) < 4.78 is 5.45. The number of hydrogen-bond acceptors (Lipinski definition) is 3. The van der Waals surface area contributed by atoms with Crippen LogP contribution in [0.25, 0.3) is 0 Å². The highest BCUT2D eigenvalue weighted by molar-refractivity contribution is 6.30. The smallest absolute Gasteiger partial charge is 0.410 e. The number of carbonyl (C=O) groups is 1. The summed E-state index contributed by atoms with van der Waals surface area (Å²) in [4.78, 5) is 13.9. The number of amides is 1. The van der Waals surface area contributed by atoms with Crippen LogP contribution in [0.2, 0.25) is 5.02 Å². The number of carbonyl (C=O) groups excluding carboxylic acids is 1. The Bertz CT molecular complexity index is 597. The summed E-state index contributed by atoms with van der Waals surface area (Å²) in [6.07, 6.45) is 2.82. The SMILES string of the molecule is CC(C)(C)OC(=O)N1CCC(NC2Cc3ccc(Cl)cc3C2)C1. The van der Waals surface area contributed by atoms with Crippen molar-refractivity contribution in [2.24, 2.45) is 0 Å². The lowest BCUT2D eigenvalue weighted by atomic mass is 10.1. The minimum Gasteiger partial charge on any atom is -0.444 e. The average Bonchev–Trinajstić information content (AvgIpc) is 3.03. The Morgan fingerprint density at radius 3 is 2.74 bits per heavy atom. The molecule has 0 saturated carbocycles. The number of benzene rings is 1. The van der Waals surface area contributed by atoms with Gasteiger partial charge in [0.2, 0.25) is 0 Å². The van der Waals surface area contributed by atoms with Gasteiger partial charge < -0.3 is 15.0 Å². The first kappa shape index (κ1) is 16.6. The van der Waals surface area contributed by atoms with Gasteiger partial charge in [0.05, 0.1) is 0 Å². The molecule has 1 aromatic rings. The van der Waals surface area contributed by atoms with Gasteiger partial charge in [-0.15, -0.1) is 0 Å². The van der Waals surface area contributed by atoms with Crippen molar-refractivity contribution >= 4 is 17.7 Å². The summed E-state index contributed by atoms with van der Waals surface area (Å²) in [5.74, 6) is 0. The third-order valence-electron chi connectivity index (χ3n) is 4.41. The van der Waals surface area contributed by atoms with Gasteiger partial charge in [0.15, 0.2) is 0 Å². The van der Waals surface area contributed by atoms with Crippen molar-refractivity contribution in [2.45, 2.75) is 57.7 Å². The highest BCUT2D eigenvalue weighted by atomic mass is 35.5. The largest absolute Gasteiger partial charge is 0.444 e. The van der Waals surface area contributed by atoms with E-state index in [1.165, 1.54) is 11.1 Å². The lowest BCUT2D eigenvalue weighted by Crippen LogP contribution is -2.42. The predicted octanol–water partition coefficient (Wildman–Crippen LogP) is 3.41. The predicted molar refractivity (Wildman–Crippen MR) is 92.0 cm³/mol. The first-order chi connectivity index (χ1) is 10.8. The molecule has 3 rings (SSSR count). The first-order valence-electron chi connectivity index (χ1n) is 8.31. The van der Waals surface area contributed by atoms with Crippen molar-refractivity contribution in [3.8, 4) is 0 Å². The van der Waals surface area contributed by atoms with E-state index in [0.717, 1.165) is 37.4 Å². The summed E-state index contributed by atoms with van der Waals surface area (Å²) in [5, 5.41) is 4.51. The van der Waals surface area contributed by atoms with Crippen LogP contribution in [0.3, 0.4) is 0 Å². The van der Waals surface area contributed by atoms with Crippen molar-refractivity contribution in [2.75, 3.05) is 13.1 Å². The van der Waals surface area contributed by atoms with Crippen molar-refractivity contribution in [1.82, 2.24) is 10.2 Å². The van der Waals surface area contributed by atoms with E-state index in [9.17, 15) is 4.79 Å². The molecular formula is C18H25ClN2O2. The fourth-order valence-electron chi connectivity index (χ4n) is 3.43. The summed E-state index contributed by atoms with van der Waals surface area (Å²) in [7, 11) is 0. The van der Waals surface area contributed by atoms with Crippen LogP contribution in [0.4, 0.5) is 4.79 Å². The Kier molecular flexibility index (Phi) is 4.56. The zero-order chi connectivity index (χ0) is 16.6. The van der Waals surface area contributed by atoms with Crippen LogP contribution in [-0.4, -0.2) is 41.8 Å². The van der Waals surface area contributed by atoms with E-state index >= 15 is 0 Å². The van der Waals surface area contributed by atoms with E-state index in [1.54, 1.807) is 0 Å². The molecule has 1 N–H and O–H groups in total. The van der Waals surface area contributed by atoms with Crippen LogP contribution < -0.4 is 5.32 Å². The maximum Gasteiger partial charge on any atom is 0.410 e. The van der Waals surface area contributed by atoms with Crippen LogP contribution >= 0.6 is 11.6 Å². The third kappa shape index (κ3) is 4.18. The molecule has 1 aliphatic heterocycles. The molecule has 1 aromatic carbocycles. The Balaban J connectivity index is 1.51. The van der Waals surface area contributed by atoms with Crippen LogP contribution in [0.1, 0.15) is 38.3 Å². The molecular weight excluding hydrogens is 312 g/mol. The first-order valence-corrected chi connectivity index (χ1v) is 8.69. The molecule has 126 valence electrons. The minimum atomic E-state index is -0.436. The van der Waals surface area contributed by atoms with Gasteiger partial charge >= 0.3 is 6.09 Å². The number of rotatable bonds is 2. The van der Waals surface area contributed by atoms with Gasteiger partial charge in [0.1, 0.15) is 5.60 Å². The van der Waals surface area contributed by atoms with Crippen molar-refractivity contribution < 1.29 is 9.53 Å². The second kappa shape index (κ2) is 6.33. The third-order valence-corrected chi connectivity index (χ3v) is 4.65. The van der Waals surface area contributed by atoms with Crippen molar-refractivity contribution in [1.29, 1.82) is 0 Å². The van der Waals surface area contributed by atoms with Crippen molar-refractivity contribution in [3.63, 3.8) is 0 Å². The molecule has 2 aliphatic rings. The van der Waals surface area contributed by atoms with Gasteiger partial charge in [0, 0.05) is 30.2 Å². The number of halogens is 1. The van der Waals surface area contributed by atoms with E-state index in [2.05, 4.69) is 17.4 Å². The molecule has 2 atom stereocenters. The van der Waals surface area contributed by atoms with Gasteiger partial charge in [-0.25, -0.2) is 4.79 Å². The van der Waals surface area contributed by atoms with Gasteiger partial charge in [-0.3, -0.25) is 0 Å². The standard InChI is InChI=1S/C18H25ClN2O2/c1-18(2,3)23-17(22)21-7-6-15(11-21)20-16-9-12-4-5-14(19)8-13(12)10-16/h4-5,8,15-16,20H,6-7,9-11H2,1-3H3. The molecule has 5 heteroatoms. The molecule has 23 heavy (non-hydrogen) atoms. The monoisotopic (exact) mass is 336 g/mol. The van der Waals surface area contributed by atoms with E-state index in [0.29, 0.717) is 12.1 Å². The van der Waals surface area contributed by atoms with E-state index in [1.807, 2.05) is 31.7 Å². The molecule has 4 nitrogen and oxygen atoms in total. The Morgan fingerprint density at radius 1 is 1.26 bits per heavy atom. The fraction of sp³-hybridized carbons (Fsp3) is 0.611. The molecule has 1 amide bonds. The van der Waals surface area contributed by atoms with Crippen LogP contribution in [-0.2, 0) is 17.6 Å². The molecule has 1 fully saturated rings. The fourth-order valence-corrected chi connectivity index (χ4v) is 3.62. The molecule has 2 unspecified atom stereocenters. The lowest BCUT2D eigenvalue weighted by molar-refractivity contribution is 0.0290. The lowest BCUT2D eigenvalue weighted by Gasteiger charge is -2.25. The highest BCUT2D eigenvalue weighted by Crippen LogP contribution is 2.26. The Hall–Kier alpha value is -1.26. The van der Waals surface area contributed by atoms with Gasteiger partial charge in [0.25, 0.3) is 0 Å². The number of likely N-dealkylation sites (tertiary alicyclic amines) is 1. The van der Waals surface area contributed by atoms with Gasteiger partial charge in [-0.1, -0.05) is 17.7 Å². The van der Waals surface area contributed by atoms with Crippen LogP contribution in [0.5, 0.6) is 0 Å². The maximum atomic E-state index is 12.1. The molecule has 1 saturated heterocycles. The average molecular weight is 337 g/mol. The number of hydrogen-bond donors (Lipinski definition) is 1. The number of nitrogens with zero attached hydrogens (tertiary/aromatic N) is 1. The topological polar surface area (TPSA) is 41.6 Å². The van der Waals surface area contributed by atoms with Crippen LogP contribution in [0, 0.1) is 0 Å². The quantitative estimate of drug-likeness (QED) is 0.900. The second-order valence-corrected chi connectivity index (χ2v) is 8.03. The van der Waals surface area contributed by atoms with Gasteiger partial charge in [-0.05, 0) is 63.3 Å². The Morgan fingerprint density at radius 2 is 2.00 bits per heavy atom. The van der Waals surface area contributed by atoms with Crippen LogP contribution in [0.15, 0.2) is 18.2 Å². The summed E-state index contributed by atoms with van der Waals surface area (Å²) in [5.41, 5.74) is 2.29. The zero-order valence-corrected chi connectivity index (χ0v) is 14.8. The summed E-state index contributed by atoms with van der Waals surface area (Å²) >= 11 is 6.07. The molecule has 0 radical (unpaired) electrons. The Labute approximate surface area is 143 Å². The molecule has 1 aliphatic carbocycles. The summed E-state index contributed by atoms with van der Waals surface area (Å²) in [6, 6.07) is 6.94. The zero-order valence-electron chi connectivity index (χ0n) is 14.1. The highest BCUT2D eigenvalue weighted by Gasteiger charge is 2.32. The molecule has 0 aromatic heterocycles. The number of fused-ring (bicyclic) bond motifs is 1. The van der Waals surface area contributed by atoms with E-state index in [4.69, 9.17) is 16.3 Å². The second-order valence-electron chi connectivity index (χ2n) is 7.60. The maximum absolute atomic E-state index is 12.1. The van der Waals surface area contributed by atoms with Crippen molar-refractivity contribution in [3.05, 3.63) is 34.3 Å². The number of nitrogens with one attached hydrogen (secondary N) is 1. The van der Waals surface area contributed by atoms with Gasteiger partial charge in [-0.2, -0.15) is 0 Å². The number of ether oxygens (including phenoxy) is 1. The van der Waals surface area contributed by atoms with E-state index in [-0.39, 0.29) is 6.09 Å². The molecule has 0 spiro atoms. The van der Waals surface area contributed by atoms with E-state index < -0.39 is 5.60 Å². The summed E-state index contributed by atoms with van der Waals surface area (Å²) in [6.45, 7) is 7.19. The minimum absolute atomic E-state index is 0.205. The normalized spacial score (nSPS) is 23.9. The molecule has 0 bridgehead atoms. The molecule has 1 heterocycles.